The van der Waals surface area contributed by atoms with Crippen molar-refractivity contribution >= 4 is 5.91 Å². The Hall–Kier alpha value is -1.21. The molecule has 18 N–H and O–H groups in total. The smallest absolute Gasteiger partial charge is 0.249 e. The summed E-state index contributed by atoms with van der Waals surface area (Å²) in [5.41, 5.74) is 23.7. The van der Waals surface area contributed by atoms with Gasteiger partial charge in [-0.3, -0.25) is 4.79 Å². The van der Waals surface area contributed by atoms with Crippen LogP contribution in [0.1, 0.15) is 12.8 Å². The molecule has 19 heteroatoms. The number of nitrogens with one attached hydrogen (secondary N) is 2. The molecule has 1 aliphatic carbocycles. The molecule has 3 rings (SSSR count). The fraction of sp³-hybridized carbons (Fsp3) is 0.958. The van der Waals surface area contributed by atoms with Crippen LogP contribution in [0.2, 0.25) is 0 Å². The minimum absolute atomic E-state index is 0.0147. The normalized spacial score (nSPS) is 44.6. The molecule has 3 fully saturated rings. The molecular formula is C24H48N6O13. The Balaban J connectivity index is 1.83. The van der Waals surface area contributed by atoms with E-state index in [9.17, 15) is 40.5 Å². The maximum absolute atomic E-state index is 12.7. The first kappa shape index (κ1) is 36.3. The van der Waals surface area contributed by atoms with Crippen LogP contribution in [-0.4, -0.2) is 177 Å². The van der Waals surface area contributed by atoms with Gasteiger partial charge in [0.2, 0.25) is 5.91 Å². The molecule has 0 aromatic rings. The number of hydrogen-bond donors (Lipinski definition) is 14. The summed E-state index contributed by atoms with van der Waals surface area (Å²) in [7, 11) is 0. The lowest BCUT2D eigenvalue weighted by Crippen LogP contribution is -2.70. The molecule has 19 nitrogen and oxygen atoms in total. The van der Waals surface area contributed by atoms with Gasteiger partial charge in [-0.15, -0.1) is 0 Å². The predicted octanol–water partition coefficient (Wildman–Crippen LogP) is -8.83. The van der Waals surface area contributed by atoms with Gasteiger partial charge in [-0.1, -0.05) is 0 Å². The third-order valence-electron chi connectivity index (χ3n) is 7.99. The molecule has 0 radical (unpaired) electrons. The van der Waals surface area contributed by atoms with Crippen molar-refractivity contribution in [2.45, 2.75) is 111 Å². The molecule has 1 unspecified atom stereocenters. The van der Waals surface area contributed by atoms with E-state index in [-0.39, 0.29) is 39.1 Å². The fourth-order valence-corrected chi connectivity index (χ4v) is 5.41. The summed E-state index contributed by atoms with van der Waals surface area (Å²) >= 11 is 0. The fourth-order valence-electron chi connectivity index (χ4n) is 5.41. The van der Waals surface area contributed by atoms with Crippen LogP contribution in [0.4, 0.5) is 0 Å². The molecule has 1 amide bonds. The minimum Gasteiger partial charge on any atom is -0.395 e. The first-order valence-electron chi connectivity index (χ1n) is 14.3. The molecule has 0 bridgehead atoms. The van der Waals surface area contributed by atoms with Crippen LogP contribution in [0.3, 0.4) is 0 Å². The lowest BCUT2D eigenvalue weighted by Gasteiger charge is -2.49. The molecule has 1 saturated carbocycles. The number of aliphatic hydroxyl groups excluding tert-OH is 8. The molecule has 3 aliphatic rings. The summed E-state index contributed by atoms with van der Waals surface area (Å²) in [4.78, 5) is 12.7. The number of hydrogen-bond acceptors (Lipinski definition) is 18. The number of carbonyl (C=O) groups is 1. The van der Waals surface area contributed by atoms with Crippen molar-refractivity contribution in [1.82, 2.24) is 10.6 Å². The van der Waals surface area contributed by atoms with Crippen LogP contribution in [0.25, 0.3) is 0 Å². The number of amides is 1. The van der Waals surface area contributed by atoms with Crippen molar-refractivity contribution < 1.29 is 64.6 Å². The number of nitrogens with two attached hydrogens (primary N) is 4. The van der Waals surface area contributed by atoms with Crippen molar-refractivity contribution in [3.8, 4) is 0 Å². The molecule has 43 heavy (non-hydrogen) atoms. The van der Waals surface area contributed by atoms with Gasteiger partial charge in [-0.2, -0.15) is 0 Å². The number of rotatable bonds is 13. The Labute approximate surface area is 248 Å². The highest BCUT2D eigenvalue weighted by Gasteiger charge is 2.52. The standard InChI is InChI=1S/C24H48N6O13/c25-2-1-10(33)22(39)30-9-5-8(26)20(42-23-14(28)17(36)16(35)11(40-23)6-29-3-4-31)19(38)21(9)43-24-18(37)13(27)15(34)12(7-32)41-24/h8-21,23-24,29,31-38H,1-7,25-28H2,(H,30,39)/t8-,9+,10-,11+,12+,13-,14+,15+,16+,17+,18+,19-,20?,21-,23+,24+/m0/s1. The van der Waals surface area contributed by atoms with Crippen LogP contribution in [-0.2, 0) is 23.7 Å². The summed E-state index contributed by atoms with van der Waals surface area (Å²) < 4.78 is 23.1. The number of ether oxygens (including phenoxy) is 4. The van der Waals surface area contributed by atoms with Gasteiger partial charge in [0.25, 0.3) is 0 Å². The molecule has 252 valence electrons. The van der Waals surface area contributed by atoms with E-state index in [1.807, 2.05) is 0 Å². The molecule has 16 atom stereocenters. The summed E-state index contributed by atoms with van der Waals surface area (Å²) in [5.74, 6) is -0.832. The first-order chi connectivity index (χ1) is 20.4. The van der Waals surface area contributed by atoms with Crippen molar-refractivity contribution in [3.05, 3.63) is 0 Å². The van der Waals surface area contributed by atoms with Crippen LogP contribution in [0.5, 0.6) is 0 Å². The lowest BCUT2D eigenvalue weighted by atomic mass is 9.83. The van der Waals surface area contributed by atoms with Crippen LogP contribution < -0.4 is 33.6 Å². The van der Waals surface area contributed by atoms with Gasteiger partial charge in [0, 0.05) is 19.1 Å². The molecule has 2 heterocycles. The first-order valence-corrected chi connectivity index (χ1v) is 14.3. The molecule has 0 aromatic carbocycles. The average Bonchev–Trinajstić information content (AvgIpc) is 2.97. The van der Waals surface area contributed by atoms with Gasteiger partial charge in [-0.05, 0) is 19.4 Å². The monoisotopic (exact) mass is 628 g/mol. The topological polar surface area (TPSA) is 344 Å². The molecular weight excluding hydrogens is 580 g/mol. The van der Waals surface area contributed by atoms with Gasteiger partial charge < -0.3 is 93.4 Å². The van der Waals surface area contributed by atoms with E-state index in [2.05, 4.69) is 10.6 Å². The zero-order valence-electron chi connectivity index (χ0n) is 23.6. The number of aliphatic hydroxyl groups is 8. The molecule has 0 aromatic heterocycles. The Morgan fingerprint density at radius 1 is 0.860 bits per heavy atom. The van der Waals surface area contributed by atoms with Gasteiger partial charge in [0.05, 0.1) is 31.3 Å². The van der Waals surface area contributed by atoms with Crippen LogP contribution >= 0.6 is 0 Å². The van der Waals surface area contributed by atoms with E-state index in [0.717, 1.165) is 0 Å². The molecule has 2 saturated heterocycles. The zero-order chi connectivity index (χ0) is 32.0. The third kappa shape index (κ3) is 8.54. The SMILES string of the molecule is NCC[C@H](O)C(=O)N[C@@H]1C[C@H](N)C(O[C@H]2O[C@H](CNCCO)[C@@H](O)[C@H](O)[C@H]2N)[C@H](O)[C@H]1O[C@H]1O[C@H](CO)[C@@H](O)[C@H](N)[C@H]1O. The van der Waals surface area contributed by atoms with Gasteiger partial charge in [0.1, 0.15) is 61.0 Å². The third-order valence-corrected chi connectivity index (χ3v) is 7.99. The Bertz CT molecular complexity index is 867. The van der Waals surface area contributed by atoms with Gasteiger partial charge in [-0.25, -0.2) is 0 Å². The summed E-state index contributed by atoms with van der Waals surface area (Å²) in [6, 6.07) is -4.67. The average molecular weight is 629 g/mol. The lowest BCUT2D eigenvalue weighted by molar-refractivity contribution is -0.320. The maximum Gasteiger partial charge on any atom is 0.249 e. The summed E-state index contributed by atoms with van der Waals surface area (Å²) in [6.45, 7) is -0.633. The summed E-state index contributed by atoms with van der Waals surface area (Å²) in [5, 5.41) is 87.4. The van der Waals surface area contributed by atoms with Crippen molar-refractivity contribution in [1.29, 1.82) is 0 Å². The maximum atomic E-state index is 12.7. The largest absolute Gasteiger partial charge is 0.395 e. The molecule has 2 aliphatic heterocycles. The second kappa shape index (κ2) is 16.4. The quantitative estimate of drug-likeness (QED) is 0.0841. The van der Waals surface area contributed by atoms with Gasteiger partial charge >= 0.3 is 0 Å². The highest BCUT2D eigenvalue weighted by atomic mass is 16.7. The van der Waals surface area contributed by atoms with Crippen LogP contribution in [0, 0.1) is 0 Å². The van der Waals surface area contributed by atoms with Crippen molar-refractivity contribution in [3.63, 3.8) is 0 Å². The molecule has 0 spiro atoms. The number of carbonyl (C=O) groups excluding carboxylic acids is 1. The van der Waals surface area contributed by atoms with E-state index in [0.29, 0.717) is 0 Å². The van der Waals surface area contributed by atoms with Crippen molar-refractivity contribution in [2.24, 2.45) is 22.9 Å². The van der Waals surface area contributed by atoms with Gasteiger partial charge in [0.15, 0.2) is 12.6 Å². The van der Waals surface area contributed by atoms with E-state index in [4.69, 9.17) is 47.0 Å². The van der Waals surface area contributed by atoms with E-state index >= 15 is 0 Å². The highest BCUT2D eigenvalue weighted by molar-refractivity contribution is 5.80. The second-order valence-corrected chi connectivity index (χ2v) is 11.1. The van der Waals surface area contributed by atoms with E-state index in [1.165, 1.54) is 0 Å². The summed E-state index contributed by atoms with van der Waals surface area (Å²) in [6.07, 6.45) is -17.3. The Kier molecular flexibility index (Phi) is 13.8. The van der Waals surface area contributed by atoms with Crippen LogP contribution in [0.15, 0.2) is 0 Å². The Morgan fingerprint density at radius 2 is 1.51 bits per heavy atom. The van der Waals surface area contributed by atoms with Crippen molar-refractivity contribution in [2.75, 3.05) is 32.8 Å². The zero-order valence-corrected chi connectivity index (χ0v) is 23.6. The second-order valence-electron chi connectivity index (χ2n) is 11.1. The van der Waals surface area contributed by atoms with E-state index in [1.54, 1.807) is 0 Å². The highest BCUT2D eigenvalue weighted by Crippen LogP contribution is 2.31. The minimum atomic E-state index is -1.68. The Morgan fingerprint density at radius 3 is 2.14 bits per heavy atom. The predicted molar refractivity (Wildman–Crippen MR) is 144 cm³/mol. The van der Waals surface area contributed by atoms with E-state index < -0.39 is 110 Å².